The summed E-state index contributed by atoms with van der Waals surface area (Å²) in [6.45, 7) is 0. The van der Waals surface area contributed by atoms with Gasteiger partial charge in [0.05, 0.1) is 5.56 Å². The molecule has 0 aliphatic heterocycles. The molecule has 0 bridgehead atoms. The Morgan fingerprint density at radius 3 is 2.29 bits per heavy atom. The third-order valence-electron chi connectivity index (χ3n) is 3.56. The average molecular weight is 394 g/mol. The number of halogens is 5. The molecule has 0 unspecified atom stereocenters. The van der Waals surface area contributed by atoms with E-state index >= 15 is 0 Å². The van der Waals surface area contributed by atoms with Crippen LogP contribution in [0.1, 0.15) is 16.1 Å². The first-order chi connectivity index (χ1) is 13.2. The number of carbonyl (C=O) groups is 1. The maximum absolute atomic E-state index is 13.7. The van der Waals surface area contributed by atoms with E-state index in [1.807, 2.05) is 0 Å². The number of rotatable bonds is 4. The Bertz CT molecular complexity index is 1000. The highest BCUT2D eigenvalue weighted by Gasteiger charge is 2.30. The molecule has 3 aromatic rings. The topological polar surface area (TPSA) is 66.9 Å². The molecule has 1 aromatic heterocycles. The number of hydrogen-bond donors (Lipinski definition) is 2. The second-order valence-corrected chi connectivity index (χ2v) is 5.54. The number of aromatic nitrogens is 2. The van der Waals surface area contributed by atoms with Gasteiger partial charge in [0.2, 0.25) is 0 Å². The first kappa shape index (κ1) is 19.2. The molecule has 144 valence electrons. The lowest BCUT2D eigenvalue weighted by atomic mass is 10.2. The fourth-order valence-electron chi connectivity index (χ4n) is 2.26. The molecular weight excluding hydrogens is 383 g/mol. The van der Waals surface area contributed by atoms with Crippen molar-refractivity contribution in [3.05, 3.63) is 77.8 Å². The maximum atomic E-state index is 13.7. The standard InChI is InChI=1S/C18H11F5N4O/c19-12-5-2-6-13(20)16(12)27-15-8-14(24-9-25-15)17(28)26-11-4-1-3-10(7-11)18(21,22)23/h1-9H,(H,26,28)(H,24,25,27). The second kappa shape index (κ2) is 7.59. The van der Waals surface area contributed by atoms with Crippen molar-refractivity contribution in [3.8, 4) is 0 Å². The van der Waals surface area contributed by atoms with Crippen LogP contribution in [0, 0.1) is 11.6 Å². The van der Waals surface area contributed by atoms with E-state index in [2.05, 4.69) is 20.6 Å². The minimum Gasteiger partial charge on any atom is -0.335 e. The summed E-state index contributed by atoms with van der Waals surface area (Å²) in [6.07, 6.45) is -3.58. The van der Waals surface area contributed by atoms with Crippen LogP contribution in [0.25, 0.3) is 0 Å². The molecule has 5 nitrogen and oxygen atoms in total. The van der Waals surface area contributed by atoms with Gasteiger partial charge in [0, 0.05) is 11.8 Å². The van der Waals surface area contributed by atoms with E-state index in [1.54, 1.807) is 0 Å². The highest BCUT2D eigenvalue weighted by atomic mass is 19.4. The van der Waals surface area contributed by atoms with E-state index in [4.69, 9.17) is 0 Å². The summed E-state index contributed by atoms with van der Waals surface area (Å²) < 4.78 is 65.7. The van der Waals surface area contributed by atoms with Gasteiger partial charge in [0.15, 0.2) is 0 Å². The van der Waals surface area contributed by atoms with Gasteiger partial charge in [-0.2, -0.15) is 13.2 Å². The summed E-state index contributed by atoms with van der Waals surface area (Å²) in [5.74, 6) is -2.63. The number of nitrogens with zero attached hydrogens (tertiary/aromatic N) is 2. The Hall–Kier alpha value is -3.56. The molecule has 1 heterocycles. The van der Waals surface area contributed by atoms with Crippen LogP contribution in [0.4, 0.5) is 39.1 Å². The summed E-state index contributed by atoms with van der Waals surface area (Å²) in [6, 6.07) is 8.42. The van der Waals surface area contributed by atoms with E-state index in [1.165, 1.54) is 12.1 Å². The molecule has 3 rings (SSSR count). The lowest BCUT2D eigenvalue weighted by molar-refractivity contribution is -0.137. The fraction of sp³-hybridized carbons (Fsp3) is 0.0556. The number of nitrogens with one attached hydrogen (secondary N) is 2. The van der Waals surface area contributed by atoms with Gasteiger partial charge < -0.3 is 10.6 Å². The maximum Gasteiger partial charge on any atom is 0.416 e. The summed E-state index contributed by atoms with van der Waals surface area (Å²) in [4.78, 5) is 19.7. The molecule has 0 spiro atoms. The van der Waals surface area contributed by atoms with E-state index in [0.717, 1.165) is 42.7 Å². The van der Waals surface area contributed by atoms with Crippen LogP contribution >= 0.6 is 0 Å². The summed E-state index contributed by atoms with van der Waals surface area (Å²) in [7, 11) is 0. The van der Waals surface area contributed by atoms with Gasteiger partial charge in [0.1, 0.15) is 35.2 Å². The Labute approximate surface area is 155 Å². The third-order valence-corrected chi connectivity index (χ3v) is 3.56. The molecule has 0 aliphatic carbocycles. The van der Waals surface area contributed by atoms with Crippen molar-refractivity contribution in [1.82, 2.24) is 9.97 Å². The van der Waals surface area contributed by atoms with Gasteiger partial charge in [-0.3, -0.25) is 4.79 Å². The summed E-state index contributed by atoms with van der Waals surface area (Å²) in [5.41, 5.74) is -1.70. The molecular formula is C18H11F5N4O. The normalized spacial score (nSPS) is 11.2. The monoisotopic (exact) mass is 394 g/mol. The van der Waals surface area contributed by atoms with Crippen molar-refractivity contribution in [1.29, 1.82) is 0 Å². The SMILES string of the molecule is O=C(Nc1cccc(C(F)(F)F)c1)c1cc(Nc2c(F)cccc2F)ncn1. The highest BCUT2D eigenvalue weighted by molar-refractivity contribution is 6.03. The molecule has 0 saturated carbocycles. The van der Waals surface area contributed by atoms with Gasteiger partial charge in [-0.25, -0.2) is 18.7 Å². The molecule has 2 N–H and O–H groups in total. The zero-order valence-corrected chi connectivity index (χ0v) is 13.9. The van der Waals surface area contributed by atoms with Crippen LogP contribution in [0.5, 0.6) is 0 Å². The zero-order valence-electron chi connectivity index (χ0n) is 13.9. The number of alkyl halides is 3. The number of benzene rings is 2. The number of anilines is 3. The molecule has 2 aromatic carbocycles. The Kier molecular flexibility index (Phi) is 5.21. The predicted octanol–water partition coefficient (Wildman–Crippen LogP) is 4.77. The molecule has 1 amide bonds. The van der Waals surface area contributed by atoms with Crippen molar-refractivity contribution in [2.24, 2.45) is 0 Å². The molecule has 28 heavy (non-hydrogen) atoms. The lowest BCUT2D eigenvalue weighted by Gasteiger charge is -2.11. The minimum atomic E-state index is -4.56. The molecule has 10 heteroatoms. The number of para-hydroxylation sites is 1. The van der Waals surface area contributed by atoms with E-state index in [0.29, 0.717) is 0 Å². The number of carbonyl (C=O) groups excluding carboxylic acids is 1. The van der Waals surface area contributed by atoms with Crippen molar-refractivity contribution < 1.29 is 26.7 Å². The molecule has 0 atom stereocenters. The van der Waals surface area contributed by atoms with Crippen molar-refractivity contribution in [2.75, 3.05) is 10.6 Å². The third kappa shape index (κ3) is 4.40. The van der Waals surface area contributed by atoms with E-state index in [9.17, 15) is 26.7 Å². The largest absolute Gasteiger partial charge is 0.416 e. The van der Waals surface area contributed by atoms with Crippen molar-refractivity contribution in [2.45, 2.75) is 6.18 Å². The van der Waals surface area contributed by atoms with Crippen molar-refractivity contribution >= 4 is 23.1 Å². The molecule has 0 radical (unpaired) electrons. The van der Waals surface area contributed by atoms with Gasteiger partial charge in [-0.05, 0) is 30.3 Å². The van der Waals surface area contributed by atoms with Gasteiger partial charge >= 0.3 is 6.18 Å². The smallest absolute Gasteiger partial charge is 0.335 e. The van der Waals surface area contributed by atoms with Gasteiger partial charge in [0.25, 0.3) is 5.91 Å². The fourth-order valence-corrected chi connectivity index (χ4v) is 2.26. The summed E-state index contributed by atoms with van der Waals surface area (Å²) in [5, 5.41) is 4.68. The Morgan fingerprint density at radius 2 is 1.61 bits per heavy atom. The Balaban J connectivity index is 1.80. The quantitative estimate of drug-likeness (QED) is 0.626. The predicted molar refractivity (Wildman–Crippen MR) is 91.1 cm³/mol. The van der Waals surface area contributed by atoms with Crippen molar-refractivity contribution in [3.63, 3.8) is 0 Å². The second-order valence-electron chi connectivity index (χ2n) is 5.54. The van der Waals surface area contributed by atoms with Crippen LogP contribution < -0.4 is 10.6 Å². The van der Waals surface area contributed by atoms with Crippen LogP contribution in [0.3, 0.4) is 0 Å². The van der Waals surface area contributed by atoms with Gasteiger partial charge in [-0.1, -0.05) is 12.1 Å². The first-order valence-corrected chi connectivity index (χ1v) is 7.76. The van der Waals surface area contributed by atoms with E-state index < -0.39 is 35.0 Å². The first-order valence-electron chi connectivity index (χ1n) is 7.76. The van der Waals surface area contributed by atoms with Gasteiger partial charge in [-0.15, -0.1) is 0 Å². The molecule has 0 saturated heterocycles. The van der Waals surface area contributed by atoms with Crippen LogP contribution in [0.2, 0.25) is 0 Å². The zero-order chi connectivity index (χ0) is 20.3. The number of amides is 1. The number of hydrogen-bond acceptors (Lipinski definition) is 4. The summed E-state index contributed by atoms with van der Waals surface area (Å²) >= 11 is 0. The van der Waals surface area contributed by atoms with E-state index in [-0.39, 0.29) is 17.2 Å². The average Bonchev–Trinajstić information content (AvgIpc) is 2.65. The highest BCUT2D eigenvalue weighted by Crippen LogP contribution is 2.30. The molecule has 0 aliphatic rings. The van der Waals surface area contributed by atoms with Crippen LogP contribution in [-0.2, 0) is 6.18 Å². The van der Waals surface area contributed by atoms with Crippen LogP contribution in [0.15, 0.2) is 54.9 Å². The molecule has 0 fully saturated rings. The van der Waals surface area contributed by atoms with Crippen LogP contribution in [-0.4, -0.2) is 15.9 Å². The Morgan fingerprint density at radius 1 is 0.929 bits per heavy atom. The lowest BCUT2D eigenvalue weighted by Crippen LogP contribution is -2.15. The minimum absolute atomic E-state index is 0.0757.